The Hall–Kier alpha value is -3.54. The second-order valence-electron chi connectivity index (χ2n) is 10.7. The third-order valence-electron chi connectivity index (χ3n) is 8.32. The van der Waals surface area contributed by atoms with Crippen LogP contribution in [-0.4, -0.2) is 52.3 Å². The zero-order valence-electron chi connectivity index (χ0n) is 23.1. The number of aliphatic carboxylic acids is 1. The monoisotopic (exact) mass is 579 g/mol. The van der Waals surface area contributed by atoms with Crippen LogP contribution in [0.25, 0.3) is 21.0 Å². The summed E-state index contributed by atoms with van der Waals surface area (Å²) in [5, 5.41) is 15.7. The van der Waals surface area contributed by atoms with E-state index in [-0.39, 0.29) is 23.8 Å². The van der Waals surface area contributed by atoms with Crippen molar-refractivity contribution in [1.82, 2.24) is 14.8 Å². The number of para-hydroxylation sites is 1. The van der Waals surface area contributed by atoms with Crippen LogP contribution in [-0.2, 0) is 26.2 Å². The SMILES string of the molecule is COc1ccccc1[C@@H](Cn1nc(C2(C(=O)O)CCCC2)c(=O)c2c(C)c(-c3ncco3)sc21)OC1CCOCC1. The smallest absolute Gasteiger partial charge is 0.315 e. The van der Waals surface area contributed by atoms with Gasteiger partial charge in [-0.15, -0.1) is 11.3 Å². The van der Waals surface area contributed by atoms with Crippen LogP contribution < -0.4 is 10.2 Å². The van der Waals surface area contributed by atoms with Crippen molar-refractivity contribution >= 4 is 27.5 Å². The molecule has 1 aliphatic heterocycles. The zero-order chi connectivity index (χ0) is 28.6. The molecule has 10 nitrogen and oxygen atoms in total. The highest BCUT2D eigenvalue weighted by Gasteiger charge is 2.47. The number of carbonyl (C=O) groups is 1. The fourth-order valence-electron chi connectivity index (χ4n) is 6.13. The van der Waals surface area contributed by atoms with Crippen molar-refractivity contribution in [1.29, 1.82) is 0 Å². The van der Waals surface area contributed by atoms with Crippen LogP contribution in [0.3, 0.4) is 0 Å². The predicted molar refractivity (Wildman–Crippen MR) is 153 cm³/mol. The van der Waals surface area contributed by atoms with Crippen molar-refractivity contribution in [3.05, 3.63) is 63.8 Å². The number of methoxy groups -OCH3 is 1. The Morgan fingerprint density at radius 1 is 1.24 bits per heavy atom. The summed E-state index contributed by atoms with van der Waals surface area (Å²) in [5.41, 5.74) is -0.0308. The van der Waals surface area contributed by atoms with Crippen LogP contribution in [0.4, 0.5) is 0 Å². The Kier molecular flexibility index (Phi) is 7.67. The van der Waals surface area contributed by atoms with E-state index in [4.69, 9.17) is 23.7 Å². The fraction of sp³-hybridized carbons (Fsp3) is 0.467. The predicted octanol–water partition coefficient (Wildman–Crippen LogP) is 5.26. The summed E-state index contributed by atoms with van der Waals surface area (Å²) in [5.74, 6) is 0.0819. The molecule has 4 aromatic rings. The number of carboxylic acids is 1. The number of benzene rings is 1. The molecule has 1 saturated carbocycles. The van der Waals surface area contributed by atoms with Gasteiger partial charge in [-0.3, -0.25) is 14.3 Å². The van der Waals surface area contributed by atoms with Crippen molar-refractivity contribution in [2.45, 2.75) is 69.6 Å². The number of aromatic nitrogens is 3. The lowest BCUT2D eigenvalue weighted by Crippen LogP contribution is -2.40. The van der Waals surface area contributed by atoms with E-state index in [1.165, 1.54) is 17.6 Å². The third-order valence-corrected chi connectivity index (χ3v) is 9.61. The molecule has 4 heterocycles. The lowest BCUT2D eigenvalue weighted by atomic mass is 9.82. The van der Waals surface area contributed by atoms with Crippen LogP contribution in [0.2, 0.25) is 0 Å². The summed E-state index contributed by atoms with van der Waals surface area (Å²) in [7, 11) is 1.63. The lowest BCUT2D eigenvalue weighted by Gasteiger charge is -2.30. The molecule has 1 aliphatic carbocycles. The van der Waals surface area contributed by atoms with E-state index >= 15 is 0 Å². The maximum absolute atomic E-state index is 14.1. The minimum absolute atomic E-state index is 0.0267. The Morgan fingerprint density at radius 2 is 2.00 bits per heavy atom. The molecule has 216 valence electrons. The fourth-order valence-corrected chi connectivity index (χ4v) is 7.34. The van der Waals surface area contributed by atoms with E-state index in [9.17, 15) is 14.7 Å². The normalized spacial score (nSPS) is 18.1. The van der Waals surface area contributed by atoms with E-state index < -0.39 is 17.5 Å². The van der Waals surface area contributed by atoms with Crippen molar-refractivity contribution in [2.75, 3.05) is 20.3 Å². The van der Waals surface area contributed by atoms with Gasteiger partial charge in [0.15, 0.2) is 0 Å². The number of carboxylic acid groups (broad SMARTS) is 1. The van der Waals surface area contributed by atoms with E-state index in [1.807, 2.05) is 31.2 Å². The number of hydrogen-bond donors (Lipinski definition) is 1. The first kappa shape index (κ1) is 27.6. The van der Waals surface area contributed by atoms with Gasteiger partial charge in [0.1, 0.15) is 34.1 Å². The summed E-state index contributed by atoms with van der Waals surface area (Å²) in [6, 6.07) is 7.70. The Morgan fingerprint density at radius 3 is 2.68 bits per heavy atom. The van der Waals surface area contributed by atoms with Crippen molar-refractivity contribution in [3.63, 3.8) is 0 Å². The molecule has 0 unspecified atom stereocenters. The van der Waals surface area contributed by atoms with E-state index in [1.54, 1.807) is 18.0 Å². The number of fused-ring (bicyclic) bond motifs is 1. The van der Waals surface area contributed by atoms with Gasteiger partial charge in [-0.05, 0) is 44.2 Å². The molecule has 6 rings (SSSR count). The second-order valence-corrected chi connectivity index (χ2v) is 11.7. The summed E-state index contributed by atoms with van der Waals surface area (Å²) < 4.78 is 25.3. The molecule has 0 bridgehead atoms. The molecule has 3 aromatic heterocycles. The van der Waals surface area contributed by atoms with Gasteiger partial charge in [-0.2, -0.15) is 5.10 Å². The number of nitrogens with zero attached hydrogens (tertiary/aromatic N) is 3. The van der Waals surface area contributed by atoms with Crippen LogP contribution >= 0.6 is 11.3 Å². The van der Waals surface area contributed by atoms with Crippen molar-refractivity contribution in [2.24, 2.45) is 0 Å². The largest absolute Gasteiger partial charge is 0.496 e. The van der Waals surface area contributed by atoms with Crippen molar-refractivity contribution in [3.8, 4) is 16.5 Å². The molecular weight excluding hydrogens is 546 g/mol. The Labute approximate surface area is 240 Å². The lowest BCUT2D eigenvalue weighted by molar-refractivity contribution is -0.143. The third kappa shape index (κ3) is 4.96. The number of aryl methyl sites for hydroxylation is 1. The number of ether oxygens (including phenoxy) is 3. The molecule has 1 atom stereocenters. The molecule has 11 heteroatoms. The maximum Gasteiger partial charge on any atom is 0.315 e. The van der Waals surface area contributed by atoms with Gasteiger partial charge < -0.3 is 23.7 Å². The van der Waals surface area contributed by atoms with Crippen LogP contribution in [0.5, 0.6) is 5.75 Å². The highest BCUT2D eigenvalue weighted by molar-refractivity contribution is 7.22. The molecule has 2 fully saturated rings. The van der Waals surface area contributed by atoms with Gasteiger partial charge in [0.2, 0.25) is 11.3 Å². The number of thiophene rings is 1. The zero-order valence-corrected chi connectivity index (χ0v) is 23.9. The standard InChI is InChI=1S/C30H33N3O7S/c1-18-23-24(34)26(30(29(35)36)11-5-6-12-30)32-33(28(23)41-25(18)27-31-13-16-39-27)17-22(40-19-9-14-38-15-10-19)20-7-3-4-8-21(20)37-2/h3-4,7-8,13,16,19,22H,5-6,9-12,14-15,17H2,1-2H3,(H,35,36)/t22-/m1/s1. The molecule has 2 aliphatic rings. The summed E-state index contributed by atoms with van der Waals surface area (Å²) in [6.45, 7) is 3.35. The van der Waals surface area contributed by atoms with Crippen LogP contribution in [0.15, 0.2) is 45.9 Å². The molecule has 0 spiro atoms. The highest BCUT2D eigenvalue weighted by atomic mass is 32.1. The number of oxazole rings is 1. The molecule has 0 radical (unpaired) electrons. The van der Waals surface area contributed by atoms with E-state index in [0.29, 0.717) is 58.4 Å². The van der Waals surface area contributed by atoms with Gasteiger partial charge >= 0.3 is 5.97 Å². The molecule has 1 aromatic carbocycles. The average molecular weight is 580 g/mol. The molecule has 0 amide bonds. The minimum Gasteiger partial charge on any atom is -0.496 e. The molecule has 41 heavy (non-hydrogen) atoms. The first-order valence-electron chi connectivity index (χ1n) is 14.0. The highest BCUT2D eigenvalue weighted by Crippen LogP contribution is 2.42. The van der Waals surface area contributed by atoms with Gasteiger partial charge in [0.05, 0.1) is 36.2 Å². The van der Waals surface area contributed by atoms with Gasteiger partial charge in [0.25, 0.3) is 0 Å². The Balaban J connectivity index is 1.55. The summed E-state index contributed by atoms with van der Waals surface area (Å²) in [6.07, 6.45) is 6.29. The molecular formula is C30H33N3O7S. The summed E-state index contributed by atoms with van der Waals surface area (Å²) in [4.78, 5) is 32.5. The Bertz CT molecular complexity index is 1600. The quantitative estimate of drug-likeness (QED) is 0.282. The second kappa shape index (κ2) is 11.4. The van der Waals surface area contributed by atoms with E-state index in [0.717, 1.165) is 31.2 Å². The van der Waals surface area contributed by atoms with Crippen LogP contribution in [0.1, 0.15) is 61.4 Å². The van der Waals surface area contributed by atoms with Gasteiger partial charge in [0, 0.05) is 18.8 Å². The molecule has 1 N–H and O–H groups in total. The number of rotatable bonds is 9. The topological polar surface area (TPSA) is 126 Å². The van der Waals surface area contributed by atoms with Gasteiger partial charge in [-0.25, -0.2) is 4.98 Å². The first-order valence-corrected chi connectivity index (χ1v) is 14.8. The molecule has 1 saturated heterocycles. The summed E-state index contributed by atoms with van der Waals surface area (Å²) >= 11 is 1.36. The van der Waals surface area contributed by atoms with Gasteiger partial charge in [-0.1, -0.05) is 31.0 Å². The first-order chi connectivity index (χ1) is 19.9. The van der Waals surface area contributed by atoms with E-state index in [2.05, 4.69) is 4.98 Å². The van der Waals surface area contributed by atoms with Crippen molar-refractivity contribution < 1.29 is 28.5 Å². The number of hydrogen-bond acceptors (Lipinski definition) is 9. The average Bonchev–Trinajstić information content (AvgIpc) is 3.76. The minimum atomic E-state index is -1.33. The van der Waals surface area contributed by atoms with Crippen LogP contribution in [0, 0.1) is 6.92 Å². The maximum atomic E-state index is 14.1.